The number of rotatable bonds is 3. The van der Waals surface area contributed by atoms with Crippen molar-refractivity contribution < 1.29 is 9.53 Å². The molecule has 0 spiro atoms. The van der Waals surface area contributed by atoms with E-state index in [1.807, 2.05) is 55.5 Å². The predicted octanol–water partition coefficient (Wildman–Crippen LogP) is 3.26. The molecule has 0 unspecified atom stereocenters. The van der Waals surface area contributed by atoms with Crippen LogP contribution in [0.2, 0.25) is 0 Å². The molecule has 1 aliphatic heterocycles. The quantitative estimate of drug-likeness (QED) is 0.937. The van der Waals surface area contributed by atoms with Crippen LogP contribution in [0.15, 0.2) is 54.6 Å². The summed E-state index contributed by atoms with van der Waals surface area (Å²) in [6.45, 7) is 1.99. The van der Waals surface area contributed by atoms with Crippen LogP contribution in [0, 0.1) is 0 Å². The van der Waals surface area contributed by atoms with Crippen LogP contribution in [0.25, 0.3) is 0 Å². The van der Waals surface area contributed by atoms with Crippen LogP contribution >= 0.6 is 0 Å². The highest BCUT2D eigenvalue weighted by molar-refractivity contribution is 5.82. The Morgan fingerprint density at radius 3 is 2.67 bits per heavy atom. The minimum absolute atomic E-state index is 0.0144. The molecule has 2 aromatic carbocycles. The number of carbonyl (C=O) groups is 1. The molecule has 3 nitrogen and oxygen atoms in total. The molecule has 1 amide bonds. The molecular formula is C18H19NO2. The number of fused-ring (bicyclic) bond motifs is 1. The highest BCUT2D eigenvalue weighted by Crippen LogP contribution is 2.27. The molecule has 0 fully saturated rings. The molecule has 108 valence electrons. The molecule has 3 rings (SSSR count). The van der Waals surface area contributed by atoms with Crippen molar-refractivity contribution in [1.29, 1.82) is 0 Å². The summed E-state index contributed by atoms with van der Waals surface area (Å²) in [4.78, 5) is 12.4. The number of nitrogens with one attached hydrogen (secondary N) is 1. The van der Waals surface area contributed by atoms with Gasteiger partial charge in [-0.1, -0.05) is 48.5 Å². The van der Waals surface area contributed by atoms with Crippen LogP contribution in [0.1, 0.15) is 30.5 Å². The van der Waals surface area contributed by atoms with E-state index in [0.717, 1.165) is 24.2 Å². The van der Waals surface area contributed by atoms with Gasteiger partial charge in [-0.25, -0.2) is 0 Å². The number of benzene rings is 2. The van der Waals surface area contributed by atoms with E-state index in [1.165, 1.54) is 5.56 Å². The van der Waals surface area contributed by atoms with E-state index < -0.39 is 6.10 Å². The normalized spacial score (nSPS) is 18.2. The lowest BCUT2D eigenvalue weighted by molar-refractivity contribution is -0.129. The van der Waals surface area contributed by atoms with Crippen molar-refractivity contribution in [3.8, 4) is 5.75 Å². The molecule has 0 bridgehead atoms. The lowest BCUT2D eigenvalue weighted by Gasteiger charge is -2.26. The first kappa shape index (κ1) is 13.7. The molecule has 3 heteroatoms. The molecule has 0 saturated carbocycles. The third kappa shape index (κ3) is 3.07. The molecule has 1 aliphatic rings. The number of hydrogen-bond acceptors (Lipinski definition) is 2. The van der Waals surface area contributed by atoms with Crippen LogP contribution in [0.4, 0.5) is 0 Å². The summed E-state index contributed by atoms with van der Waals surface area (Å²) in [6.07, 6.45) is 1.21. The van der Waals surface area contributed by atoms with Gasteiger partial charge in [-0.05, 0) is 37.0 Å². The second-order valence-corrected chi connectivity index (χ2v) is 5.39. The Morgan fingerprint density at radius 2 is 1.86 bits per heavy atom. The van der Waals surface area contributed by atoms with Gasteiger partial charge in [0, 0.05) is 0 Å². The monoisotopic (exact) mass is 281 g/mol. The molecule has 0 radical (unpaired) electrons. The van der Waals surface area contributed by atoms with Gasteiger partial charge >= 0.3 is 0 Å². The topological polar surface area (TPSA) is 38.3 Å². The van der Waals surface area contributed by atoms with E-state index in [0.29, 0.717) is 0 Å². The highest BCUT2D eigenvalue weighted by atomic mass is 16.5. The Labute approximate surface area is 124 Å². The Kier molecular flexibility index (Phi) is 3.91. The lowest BCUT2D eigenvalue weighted by Crippen LogP contribution is -2.41. The summed E-state index contributed by atoms with van der Waals surface area (Å²) in [7, 11) is 0. The number of para-hydroxylation sites is 1. The van der Waals surface area contributed by atoms with E-state index in [2.05, 4.69) is 11.4 Å². The molecule has 0 aliphatic carbocycles. The third-order valence-corrected chi connectivity index (χ3v) is 3.87. The average molecular weight is 281 g/mol. The van der Waals surface area contributed by atoms with Crippen LogP contribution < -0.4 is 10.1 Å². The third-order valence-electron chi connectivity index (χ3n) is 3.87. The van der Waals surface area contributed by atoms with Crippen LogP contribution in [0.5, 0.6) is 5.75 Å². The van der Waals surface area contributed by atoms with Crippen molar-refractivity contribution in [2.45, 2.75) is 31.9 Å². The fourth-order valence-electron chi connectivity index (χ4n) is 2.64. The fraction of sp³-hybridized carbons (Fsp3) is 0.278. The Balaban J connectivity index is 1.65. The van der Waals surface area contributed by atoms with Crippen LogP contribution in [-0.2, 0) is 11.2 Å². The Bertz CT molecular complexity index is 624. The van der Waals surface area contributed by atoms with Gasteiger partial charge in [0.15, 0.2) is 6.10 Å². The standard InChI is InChI=1S/C18H19NO2/c1-13(14-7-3-2-4-8-14)19-18(20)17-12-11-15-9-5-6-10-16(15)21-17/h2-10,13,17H,11-12H2,1H3,(H,19,20)/t13-,17+/m0/s1. The predicted molar refractivity (Wildman–Crippen MR) is 82.2 cm³/mol. The van der Waals surface area contributed by atoms with Crippen LogP contribution in [-0.4, -0.2) is 12.0 Å². The summed E-state index contributed by atoms with van der Waals surface area (Å²) in [5, 5.41) is 3.03. The number of ether oxygens (including phenoxy) is 1. The van der Waals surface area contributed by atoms with Crippen molar-refractivity contribution in [2.24, 2.45) is 0 Å². The summed E-state index contributed by atoms with van der Waals surface area (Å²) >= 11 is 0. The SMILES string of the molecule is C[C@H](NC(=O)[C@H]1CCc2ccccc2O1)c1ccccc1. The van der Waals surface area contributed by atoms with Crippen molar-refractivity contribution in [1.82, 2.24) is 5.32 Å². The lowest BCUT2D eigenvalue weighted by atomic mass is 10.0. The highest BCUT2D eigenvalue weighted by Gasteiger charge is 2.26. The van der Waals surface area contributed by atoms with Gasteiger partial charge in [0.1, 0.15) is 5.75 Å². The second kappa shape index (κ2) is 6.00. The first-order valence-corrected chi connectivity index (χ1v) is 7.34. The Morgan fingerprint density at radius 1 is 1.14 bits per heavy atom. The molecule has 2 atom stereocenters. The van der Waals surface area contributed by atoms with Crippen LogP contribution in [0.3, 0.4) is 0 Å². The van der Waals surface area contributed by atoms with E-state index in [1.54, 1.807) is 0 Å². The minimum atomic E-state index is -0.397. The van der Waals surface area contributed by atoms with E-state index in [9.17, 15) is 4.79 Å². The van der Waals surface area contributed by atoms with Crippen molar-refractivity contribution in [3.63, 3.8) is 0 Å². The zero-order valence-electron chi connectivity index (χ0n) is 12.1. The maximum absolute atomic E-state index is 12.4. The van der Waals surface area contributed by atoms with Gasteiger partial charge in [-0.2, -0.15) is 0 Å². The number of amides is 1. The zero-order valence-corrected chi connectivity index (χ0v) is 12.1. The summed E-state index contributed by atoms with van der Waals surface area (Å²) in [5.74, 6) is 0.789. The largest absolute Gasteiger partial charge is 0.480 e. The van der Waals surface area contributed by atoms with Gasteiger partial charge in [-0.15, -0.1) is 0 Å². The van der Waals surface area contributed by atoms with Crippen molar-refractivity contribution >= 4 is 5.91 Å². The summed E-state index contributed by atoms with van der Waals surface area (Å²) in [6, 6.07) is 17.9. The summed E-state index contributed by atoms with van der Waals surface area (Å²) < 4.78 is 5.82. The van der Waals surface area contributed by atoms with E-state index in [4.69, 9.17) is 4.74 Å². The average Bonchev–Trinajstić information content (AvgIpc) is 2.55. The molecule has 0 saturated heterocycles. The van der Waals surface area contributed by atoms with Gasteiger partial charge in [0.25, 0.3) is 5.91 Å². The van der Waals surface area contributed by atoms with E-state index in [-0.39, 0.29) is 11.9 Å². The first-order valence-electron chi connectivity index (χ1n) is 7.34. The zero-order chi connectivity index (χ0) is 14.7. The molecular weight excluding hydrogens is 262 g/mol. The molecule has 1 N–H and O–H groups in total. The smallest absolute Gasteiger partial charge is 0.261 e. The first-order chi connectivity index (χ1) is 10.2. The van der Waals surface area contributed by atoms with Gasteiger partial charge in [-0.3, -0.25) is 4.79 Å². The van der Waals surface area contributed by atoms with Gasteiger partial charge in [0.2, 0.25) is 0 Å². The molecule has 2 aromatic rings. The summed E-state index contributed by atoms with van der Waals surface area (Å²) in [5.41, 5.74) is 2.28. The molecule has 21 heavy (non-hydrogen) atoms. The van der Waals surface area contributed by atoms with E-state index >= 15 is 0 Å². The number of hydrogen-bond donors (Lipinski definition) is 1. The molecule has 1 heterocycles. The molecule has 0 aromatic heterocycles. The second-order valence-electron chi connectivity index (χ2n) is 5.39. The van der Waals surface area contributed by atoms with Crippen molar-refractivity contribution in [3.05, 3.63) is 65.7 Å². The maximum Gasteiger partial charge on any atom is 0.261 e. The number of carbonyl (C=O) groups excluding carboxylic acids is 1. The van der Waals surface area contributed by atoms with Gasteiger partial charge < -0.3 is 10.1 Å². The maximum atomic E-state index is 12.4. The fourth-order valence-corrected chi connectivity index (χ4v) is 2.64. The Hall–Kier alpha value is -2.29. The van der Waals surface area contributed by atoms with Gasteiger partial charge in [0.05, 0.1) is 6.04 Å². The number of aryl methyl sites for hydroxylation is 1. The minimum Gasteiger partial charge on any atom is -0.480 e. The van der Waals surface area contributed by atoms with Crippen molar-refractivity contribution in [2.75, 3.05) is 0 Å².